The summed E-state index contributed by atoms with van der Waals surface area (Å²) in [4.78, 5) is 17.3. The molecule has 0 spiro atoms. The monoisotopic (exact) mass is 422 g/mol. The molecular weight excluding hydrogens is 407 g/mol. The van der Waals surface area contributed by atoms with Crippen LogP contribution in [0, 0.1) is 6.92 Å². The van der Waals surface area contributed by atoms with Crippen molar-refractivity contribution in [3.05, 3.63) is 94.2 Å². The number of carbonyl (C=O) groups is 1. The fraction of sp³-hybridized carbons (Fsp3) is 0.0455. The Morgan fingerprint density at radius 1 is 0.966 bits per heavy atom. The van der Waals surface area contributed by atoms with Gasteiger partial charge >= 0.3 is 0 Å². The summed E-state index contributed by atoms with van der Waals surface area (Å²) in [6, 6.07) is 22.1. The zero-order chi connectivity index (χ0) is 20.4. The van der Waals surface area contributed by atoms with Gasteiger partial charge in [0.05, 0.1) is 16.4 Å². The van der Waals surface area contributed by atoms with Crippen LogP contribution in [0.25, 0.3) is 17.1 Å². The highest BCUT2D eigenvalue weighted by molar-refractivity contribution is 6.33. The molecule has 1 N–H and O–H groups in total. The predicted molar refractivity (Wildman–Crippen MR) is 116 cm³/mol. The van der Waals surface area contributed by atoms with Crippen LogP contribution in [0.4, 0.5) is 5.69 Å². The molecule has 4 aromatic rings. The van der Waals surface area contributed by atoms with Crippen molar-refractivity contribution in [1.29, 1.82) is 0 Å². The lowest BCUT2D eigenvalue weighted by molar-refractivity contribution is 0.101. The summed E-state index contributed by atoms with van der Waals surface area (Å²) in [5, 5.41) is 8.23. The lowest BCUT2D eigenvalue weighted by Crippen LogP contribution is -2.14. The largest absolute Gasteiger partial charge is 0.318 e. The lowest BCUT2D eigenvalue weighted by Gasteiger charge is -2.07. The Bertz CT molecular complexity index is 1140. The Kier molecular flexibility index (Phi) is 5.34. The van der Waals surface area contributed by atoms with Crippen molar-refractivity contribution < 1.29 is 4.79 Å². The summed E-state index contributed by atoms with van der Waals surface area (Å²) < 4.78 is 1.64. The van der Waals surface area contributed by atoms with E-state index in [1.807, 2.05) is 43.3 Å². The summed E-state index contributed by atoms with van der Waals surface area (Å²) in [5.41, 5.74) is 3.11. The topological polar surface area (TPSA) is 59.8 Å². The number of anilines is 1. The molecule has 0 aliphatic heterocycles. The number of aryl methyl sites for hydroxylation is 1. The molecule has 0 fully saturated rings. The van der Waals surface area contributed by atoms with Gasteiger partial charge in [-0.15, -0.1) is 5.10 Å². The number of benzene rings is 3. The van der Waals surface area contributed by atoms with E-state index in [0.717, 1.165) is 16.8 Å². The first-order valence-corrected chi connectivity index (χ1v) is 9.63. The van der Waals surface area contributed by atoms with Gasteiger partial charge in [0.15, 0.2) is 5.82 Å². The first-order valence-electron chi connectivity index (χ1n) is 8.87. The third-order valence-corrected chi connectivity index (χ3v) is 4.83. The standard InChI is InChI=1S/C22H16Cl2N4O/c1-14-6-4-9-17(12-14)28-21(15-7-5-8-16(23)13-15)26-20(27-28)22(29)25-19-11-3-2-10-18(19)24/h2-13H,1H3,(H,25,29). The lowest BCUT2D eigenvalue weighted by atomic mass is 10.2. The van der Waals surface area contributed by atoms with Gasteiger partial charge in [-0.3, -0.25) is 4.79 Å². The summed E-state index contributed by atoms with van der Waals surface area (Å²) in [6.07, 6.45) is 0. The molecule has 144 valence electrons. The number of aromatic nitrogens is 3. The molecule has 29 heavy (non-hydrogen) atoms. The minimum absolute atomic E-state index is 0.0291. The smallest absolute Gasteiger partial charge is 0.295 e. The molecule has 3 aromatic carbocycles. The second kappa shape index (κ2) is 8.07. The van der Waals surface area contributed by atoms with Gasteiger partial charge in [0, 0.05) is 10.6 Å². The van der Waals surface area contributed by atoms with Gasteiger partial charge in [-0.1, -0.05) is 59.6 Å². The first kappa shape index (κ1) is 19.2. The summed E-state index contributed by atoms with van der Waals surface area (Å²) in [7, 11) is 0. The van der Waals surface area contributed by atoms with Gasteiger partial charge in [0.1, 0.15) is 0 Å². The van der Waals surface area contributed by atoms with E-state index >= 15 is 0 Å². The Morgan fingerprint density at radius 2 is 1.76 bits per heavy atom. The quantitative estimate of drug-likeness (QED) is 0.451. The average Bonchev–Trinajstić information content (AvgIpc) is 3.15. The highest BCUT2D eigenvalue weighted by Crippen LogP contribution is 2.25. The molecule has 5 nitrogen and oxygen atoms in total. The SMILES string of the molecule is Cc1cccc(-n2nc(C(=O)Nc3ccccc3Cl)nc2-c2cccc(Cl)c2)c1. The van der Waals surface area contributed by atoms with Crippen molar-refractivity contribution in [2.75, 3.05) is 5.32 Å². The van der Waals surface area contributed by atoms with E-state index < -0.39 is 5.91 Å². The number of halogens is 2. The van der Waals surface area contributed by atoms with E-state index in [4.69, 9.17) is 23.2 Å². The van der Waals surface area contributed by atoms with Crippen LogP contribution in [0.2, 0.25) is 10.0 Å². The summed E-state index contributed by atoms with van der Waals surface area (Å²) >= 11 is 12.3. The van der Waals surface area contributed by atoms with Crippen LogP contribution >= 0.6 is 23.2 Å². The number of rotatable bonds is 4. The van der Waals surface area contributed by atoms with Crippen molar-refractivity contribution >= 4 is 34.8 Å². The molecule has 4 rings (SSSR count). The normalized spacial score (nSPS) is 10.7. The van der Waals surface area contributed by atoms with Gasteiger partial charge in [0.25, 0.3) is 5.91 Å². The van der Waals surface area contributed by atoms with Crippen LogP contribution < -0.4 is 5.32 Å². The predicted octanol–water partition coefficient (Wildman–Crippen LogP) is 5.80. The zero-order valence-electron chi connectivity index (χ0n) is 15.4. The second-order valence-corrected chi connectivity index (χ2v) is 7.30. The average molecular weight is 423 g/mol. The number of para-hydroxylation sites is 1. The summed E-state index contributed by atoms with van der Waals surface area (Å²) in [6.45, 7) is 1.99. The maximum absolute atomic E-state index is 12.8. The molecule has 0 aliphatic rings. The van der Waals surface area contributed by atoms with Gasteiger partial charge in [0.2, 0.25) is 5.82 Å². The van der Waals surface area contributed by atoms with Crippen LogP contribution in [0.3, 0.4) is 0 Å². The zero-order valence-corrected chi connectivity index (χ0v) is 16.9. The molecule has 0 saturated heterocycles. The van der Waals surface area contributed by atoms with Crippen LogP contribution in [-0.4, -0.2) is 20.7 Å². The maximum atomic E-state index is 12.8. The summed E-state index contributed by atoms with van der Waals surface area (Å²) in [5.74, 6) is 0.0941. The number of nitrogens with one attached hydrogen (secondary N) is 1. The second-order valence-electron chi connectivity index (χ2n) is 6.45. The highest BCUT2D eigenvalue weighted by atomic mass is 35.5. The number of carbonyl (C=O) groups excluding carboxylic acids is 1. The van der Waals surface area contributed by atoms with E-state index in [2.05, 4.69) is 15.4 Å². The highest BCUT2D eigenvalue weighted by Gasteiger charge is 2.20. The molecule has 0 radical (unpaired) electrons. The van der Waals surface area contributed by atoms with Gasteiger partial charge < -0.3 is 5.32 Å². The van der Waals surface area contributed by atoms with Crippen LogP contribution in [0.5, 0.6) is 0 Å². The molecule has 1 heterocycles. The van der Waals surface area contributed by atoms with Gasteiger partial charge in [-0.2, -0.15) is 0 Å². The van der Waals surface area contributed by atoms with Crippen molar-refractivity contribution in [3.63, 3.8) is 0 Å². The van der Waals surface area contributed by atoms with E-state index in [1.165, 1.54) is 0 Å². The third-order valence-electron chi connectivity index (χ3n) is 4.26. The Balaban J connectivity index is 1.79. The van der Waals surface area contributed by atoms with Crippen molar-refractivity contribution in [2.45, 2.75) is 6.92 Å². The third kappa shape index (κ3) is 4.16. The minimum Gasteiger partial charge on any atom is -0.318 e. The van der Waals surface area contributed by atoms with E-state index in [1.54, 1.807) is 41.1 Å². The Hall–Kier alpha value is -3.15. The number of hydrogen-bond acceptors (Lipinski definition) is 3. The van der Waals surface area contributed by atoms with Crippen molar-refractivity contribution in [1.82, 2.24) is 14.8 Å². The number of amides is 1. The molecule has 0 atom stereocenters. The van der Waals surface area contributed by atoms with Crippen LogP contribution in [-0.2, 0) is 0 Å². The Labute approximate surface area is 177 Å². The minimum atomic E-state index is -0.451. The Morgan fingerprint density at radius 3 is 2.52 bits per heavy atom. The van der Waals surface area contributed by atoms with Crippen LogP contribution in [0.1, 0.15) is 16.2 Å². The van der Waals surface area contributed by atoms with E-state index in [9.17, 15) is 4.79 Å². The molecule has 7 heteroatoms. The molecule has 0 bridgehead atoms. The molecule has 1 aromatic heterocycles. The maximum Gasteiger partial charge on any atom is 0.295 e. The van der Waals surface area contributed by atoms with E-state index in [0.29, 0.717) is 21.6 Å². The molecule has 1 amide bonds. The fourth-order valence-corrected chi connectivity index (χ4v) is 3.28. The van der Waals surface area contributed by atoms with Gasteiger partial charge in [-0.05, 0) is 48.9 Å². The molecule has 0 saturated carbocycles. The van der Waals surface area contributed by atoms with Crippen molar-refractivity contribution in [3.8, 4) is 17.1 Å². The molecule has 0 aliphatic carbocycles. The number of hydrogen-bond donors (Lipinski definition) is 1. The first-order chi connectivity index (χ1) is 14.0. The van der Waals surface area contributed by atoms with Crippen molar-refractivity contribution in [2.24, 2.45) is 0 Å². The van der Waals surface area contributed by atoms with Gasteiger partial charge in [-0.25, -0.2) is 9.67 Å². The van der Waals surface area contributed by atoms with Crippen LogP contribution in [0.15, 0.2) is 72.8 Å². The fourth-order valence-electron chi connectivity index (χ4n) is 2.90. The molecular formula is C22H16Cl2N4O. The van der Waals surface area contributed by atoms with E-state index in [-0.39, 0.29) is 5.82 Å². The molecule has 0 unspecified atom stereocenters. The number of nitrogens with zero attached hydrogens (tertiary/aromatic N) is 3.